The molecule has 122 valence electrons. The molecule has 0 bridgehead atoms. The molecule has 0 aliphatic carbocycles. The highest BCUT2D eigenvalue weighted by atomic mass is 16.5. The van der Waals surface area contributed by atoms with E-state index in [4.69, 9.17) is 10.5 Å². The number of hydrogen-bond donors (Lipinski definition) is 1. The van der Waals surface area contributed by atoms with Crippen molar-refractivity contribution in [3.8, 4) is 0 Å². The second kappa shape index (κ2) is 6.28. The summed E-state index contributed by atoms with van der Waals surface area (Å²) in [6, 6.07) is 3.82. The van der Waals surface area contributed by atoms with E-state index in [1.165, 1.54) is 25.7 Å². The Bertz CT molecular complexity index is 686. The second-order valence-electron chi connectivity index (χ2n) is 6.63. The highest BCUT2D eigenvalue weighted by Crippen LogP contribution is 2.32. The quantitative estimate of drug-likeness (QED) is 0.916. The number of nitrogens with two attached hydrogens (primary N) is 1. The fraction of sp³-hybridized carbons (Fsp3) is 0.588. The number of anilines is 2. The van der Waals surface area contributed by atoms with Gasteiger partial charge in [-0.1, -0.05) is 6.42 Å². The van der Waals surface area contributed by atoms with Crippen molar-refractivity contribution in [1.29, 1.82) is 0 Å². The SMILES string of the molecule is Nc1ccc2c(N3CCCCC(C4CCOC4)C3)ncnc2n1. The predicted molar refractivity (Wildman–Crippen MR) is 90.2 cm³/mol. The summed E-state index contributed by atoms with van der Waals surface area (Å²) >= 11 is 0. The van der Waals surface area contributed by atoms with Crippen LogP contribution in [0.5, 0.6) is 0 Å². The van der Waals surface area contributed by atoms with Gasteiger partial charge in [-0.3, -0.25) is 0 Å². The summed E-state index contributed by atoms with van der Waals surface area (Å²) in [5.41, 5.74) is 6.46. The summed E-state index contributed by atoms with van der Waals surface area (Å²) in [6.07, 6.45) is 6.58. The van der Waals surface area contributed by atoms with Crippen LogP contribution in [-0.4, -0.2) is 41.3 Å². The standard InChI is InChI=1S/C17H23N5O/c18-15-5-4-14-16(21-15)19-11-20-17(14)22-7-2-1-3-12(9-22)13-6-8-23-10-13/h4-5,11-13H,1-3,6-10H2,(H2,18,19,20,21). The minimum absolute atomic E-state index is 0.499. The number of hydrogen-bond acceptors (Lipinski definition) is 6. The van der Waals surface area contributed by atoms with E-state index < -0.39 is 0 Å². The van der Waals surface area contributed by atoms with Crippen molar-refractivity contribution in [3.05, 3.63) is 18.5 Å². The van der Waals surface area contributed by atoms with Gasteiger partial charge in [0.25, 0.3) is 0 Å². The van der Waals surface area contributed by atoms with E-state index in [0.717, 1.165) is 37.5 Å². The van der Waals surface area contributed by atoms with Crippen LogP contribution < -0.4 is 10.6 Å². The molecule has 2 N–H and O–H groups in total. The molecule has 2 aromatic rings. The van der Waals surface area contributed by atoms with Crippen LogP contribution in [0.2, 0.25) is 0 Å². The molecule has 2 unspecified atom stereocenters. The summed E-state index contributed by atoms with van der Waals surface area (Å²) < 4.78 is 5.61. The van der Waals surface area contributed by atoms with Crippen LogP contribution in [-0.2, 0) is 4.74 Å². The summed E-state index contributed by atoms with van der Waals surface area (Å²) in [6.45, 7) is 3.92. The number of pyridine rings is 1. The second-order valence-corrected chi connectivity index (χ2v) is 6.63. The molecule has 0 amide bonds. The van der Waals surface area contributed by atoms with Crippen molar-refractivity contribution in [1.82, 2.24) is 15.0 Å². The van der Waals surface area contributed by atoms with Gasteiger partial charge in [-0.05, 0) is 43.2 Å². The molecule has 2 aromatic heterocycles. The molecule has 0 saturated carbocycles. The van der Waals surface area contributed by atoms with Crippen LogP contribution >= 0.6 is 0 Å². The first-order chi connectivity index (χ1) is 11.3. The Morgan fingerprint density at radius 1 is 1.13 bits per heavy atom. The van der Waals surface area contributed by atoms with Crippen LogP contribution in [0.1, 0.15) is 25.7 Å². The first-order valence-electron chi connectivity index (χ1n) is 8.51. The summed E-state index contributed by atoms with van der Waals surface area (Å²) in [7, 11) is 0. The summed E-state index contributed by atoms with van der Waals surface area (Å²) in [4.78, 5) is 15.6. The van der Waals surface area contributed by atoms with E-state index in [1.807, 2.05) is 12.1 Å². The highest BCUT2D eigenvalue weighted by molar-refractivity contribution is 5.87. The fourth-order valence-corrected chi connectivity index (χ4v) is 3.87. The van der Waals surface area contributed by atoms with Crippen molar-refractivity contribution < 1.29 is 4.74 Å². The molecule has 0 radical (unpaired) electrons. The number of fused-ring (bicyclic) bond motifs is 1. The van der Waals surface area contributed by atoms with E-state index in [2.05, 4.69) is 19.9 Å². The van der Waals surface area contributed by atoms with Gasteiger partial charge in [0, 0.05) is 26.3 Å². The molecule has 6 heteroatoms. The van der Waals surface area contributed by atoms with Crippen molar-refractivity contribution in [2.24, 2.45) is 11.8 Å². The Kier molecular flexibility index (Phi) is 3.99. The molecule has 4 heterocycles. The first-order valence-corrected chi connectivity index (χ1v) is 8.51. The topological polar surface area (TPSA) is 77.2 Å². The van der Waals surface area contributed by atoms with Gasteiger partial charge in [-0.2, -0.15) is 0 Å². The molecular weight excluding hydrogens is 290 g/mol. The molecule has 2 atom stereocenters. The fourth-order valence-electron chi connectivity index (χ4n) is 3.87. The third-order valence-corrected chi connectivity index (χ3v) is 5.14. The third kappa shape index (κ3) is 2.95. The predicted octanol–water partition coefficient (Wildman–Crippen LogP) is 2.25. The molecular formula is C17H23N5O. The lowest BCUT2D eigenvalue weighted by molar-refractivity contribution is 0.171. The largest absolute Gasteiger partial charge is 0.384 e. The number of nitrogens with zero attached hydrogens (tertiary/aromatic N) is 4. The average molecular weight is 313 g/mol. The molecule has 4 rings (SSSR count). The van der Waals surface area contributed by atoms with Crippen LogP contribution in [0, 0.1) is 11.8 Å². The summed E-state index contributed by atoms with van der Waals surface area (Å²) in [5.74, 6) is 2.87. The zero-order valence-corrected chi connectivity index (χ0v) is 13.3. The van der Waals surface area contributed by atoms with Gasteiger partial charge in [0.2, 0.25) is 0 Å². The minimum Gasteiger partial charge on any atom is -0.384 e. The molecule has 0 spiro atoms. The van der Waals surface area contributed by atoms with Gasteiger partial charge in [0.05, 0.1) is 5.39 Å². The lowest BCUT2D eigenvalue weighted by Crippen LogP contribution is -2.32. The monoisotopic (exact) mass is 313 g/mol. The number of aromatic nitrogens is 3. The minimum atomic E-state index is 0.499. The van der Waals surface area contributed by atoms with Gasteiger partial charge in [-0.25, -0.2) is 15.0 Å². The smallest absolute Gasteiger partial charge is 0.166 e. The Balaban J connectivity index is 1.65. The van der Waals surface area contributed by atoms with Gasteiger partial charge < -0.3 is 15.4 Å². The maximum atomic E-state index is 5.78. The van der Waals surface area contributed by atoms with Crippen LogP contribution in [0.4, 0.5) is 11.6 Å². The number of ether oxygens (including phenoxy) is 1. The molecule has 2 fully saturated rings. The van der Waals surface area contributed by atoms with Crippen LogP contribution in [0.3, 0.4) is 0 Å². The zero-order valence-electron chi connectivity index (χ0n) is 13.3. The van der Waals surface area contributed by atoms with E-state index in [0.29, 0.717) is 23.3 Å². The molecule has 2 aliphatic rings. The molecule has 2 aliphatic heterocycles. The molecule has 0 aromatic carbocycles. The highest BCUT2D eigenvalue weighted by Gasteiger charge is 2.29. The number of rotatable bonds is 2. The van der Waals surface area contributed by atoms with Crippen molar-refractivity contribution in [2.45, 2.75) is 25.7 Å². The van der Waals surface area contributed by atoms with E-state index >= 15 is 0 Å². The lowest BCUT2D eigenvalue weighted by Gasteiger charge is -2.28. The molecule has 2 saturated heterocycles. The van der Waals surface area contributed by atoms with E-state index in [1.54, 1.807) is 6.33 Å². The number of nitrogen functional groups attached to an aromatic ring is 1. The maximum absolute atomic E-state index is 5.78. The van der Waals surface area contributed by atoms with Crippen LogP contribution in [0.25, 0.3) is 11.0 Å². The molecule has 23 heavy (non-hydrogen) atoms. The third-order valence-electron chi connectivity index (χ3n) is 5.14. The van der Waals surface area contributed by atoms with Crippen molar-refractivity contribution in [3.63, 3.8) is 0 Å². The maximum Gasteiger partial charge on any atom is 0.166 e. The zero-order chi connectivity index (χ0) is 15.6. The first kappa shape index (κ1) is 14.6. The lowest BCUT2D eigenvalue weighted by atomic mass is 9.88. The Hall–Kier alpha value is -1.95. The summed E-state index contributed by atoms with van der Waals surface area (Å²) in [5, 5.41) is 0.991. The van der Waals surface area contributed by atoms with Crippen molar-refractivity contribution >= 4 is 22.7 Å². The van der Waals surface area contributed by atoms with Gasteiger partial charge in [0.15, 0.2) is 5.65 Å². The van der Waals surface area contributed by atoms with Gasteiger partial charge in [0.1, 0.15) is 18.0 Å². The van der Waals surface area contributed by atoms with E-state index in [-0.39, 0.29) is 0 Å². The van der Waals surface area contributed by atoms with Crippen molar-refractivity contribution in [2.75, 3.05) is 36.9 Å². The average Bonchev–Trinajstić information content (AvgIpc) is 2.99. The molecule has 6 nitrogen and oxygen atoms in total. The Labute approximate surface area is 136 Å². The van der Waals surface area contributed by atoms with Gasteiger partial charge in [-0.15, -0.1) is 0 Å². The van der Waals surface area contributed by atoms with Crippen LogP contribution in [0.15, 0.2) is 18.5 Å². The Morgan fingerprint density at radius 3 is 2.96 bits per heavy atom. The van der Waals surface area contributed by atoms with Gasteiger partial charge >= 0.3 is 0 Å². The van der Waals surface area contributed by atoms with E-state index in [9.17, 15) is 0 Å². The Morgan fingerprint density at radius 2 is 2.09 bits per heavy atom. The normalized spacial score (nSPS) is 25.7.